The maximum atomic E-state index is 13.1. The molecule has 34 heavy (non-hydrogen) atoms. The smallest absolute Gasteiger partial charge is 0.407 e. The van der Waals surface area contributed by atoms with Crippen molar-refractivity contribution in [2.24, 2.45) is 5.92 Å². The average Bonchev–Trinajstić information content (AvgIpc) is 2.82. The van der Waals surface area contributed by atoms with Gasteiger partial charge in [0.2, 0.25) is 5.91 Å². The van der Waals surface area contributed by atoms with Crippen LogP contribution in [0.3, 0.4) is 0 Å². The number of carbonyl (C=O) groups excluding carboxylic acids is 3. The summed E-state index contributed by atoms with van der Waals surface area (Å²) in [6.45, 7) is 10.4. The Hall–Kier alpha value is -2.94. The minimum atomic E-state index is -3.67. The molecular weight excluding hydrogens is 461 g/mol. The van der Waals surface area contributed by atoms with E-state index in [0.717, 1.165) is 5.56 Å². The number of rotatable bonds is 16. The molecule has 1 rings (SSSR count). The lowest BCUT2D eigenvalue weighted by Gasteiger charge is -2.21. The van der Waals surface area contributed by atoms with Crippen molar-refractivity contribution in [3.63, 3.8) is 0 Å². The molecule has 10 nitrogen and oxygen atoms in total. The van der Waals surface area contributed by atoms with E-state index in [1.165, 1.54) is 12.2 Å². The molecule has 0 heterocycles. The van der Waals surface area contributed by atoms with Crippen LogP contribution in [-0.4, -0.2) is 50.1 Å². The predicted octanol–water partition coefficient (Wildman–Crippen LogP) is 3.12. The molecule has 0 aliphatic rings. The number of carbonyl (C=O) groups is 3. The molecule has 0 spiro atoms. The van der Waals surface area contributed by atoms with E-state index in [0.29, 0.717) is 6.42 Å². The van der Waals surface area contributed by atoms with Crippen LogP contribution >= 0.6 is 7.52 Å². The maximum Gasteiger partial charge on any atom is 0.407 e. The van der Waals surface area contributed by atoms with E-state index < -0.39 is 44.4 Å². The van der Waals surface area contributed by atoms with Gasteiger partial charge in [-0.3, -0.25) is 9.36 Å². The van der Waals surface area contributed by atoms with Crippen LogP contribution in [0.5, 0.6) is 0 Å². The molecule has 1 aromatic carbocycles. The van der Waals surface area contributed by atoms with E-state index in [9.17, 15) is 18.9 Å². The van der Waals surface area contributed by atoms with Gasteiger partial charge in [-0.25, -0.2) is 14.7 Å². The molecule has 3 N–H and O–H groups in total. The maximum absolute atomic E-state index is 13.1. The second kappa shape index (κ2) is 15.8. The Kier molecular flexibility index (Phi) is 13.5. The summed E-state index contributed by atoms with van der Waals surface area (Å²) >= 11 is 0. The van der Waals surface area contributed by atoms with Crippen LogP contribution in [0.25, 0.3) is 0 Å². The summed E-state index contributed by atoms with van der Waals surface area (Å²) in [4.78, 5) is 36.6. The Balaban J connectivity index is 2.63. The van der Waals surface area contributed by atoms with Gasteiger partial charge in [-0.2, -0.15) is 0 Å². The second-order valence-corrected chi connectivity index (χ2v) is 9.90. The first-order valence-electron chi connectivity index (χ1n) is 10.8. The van der Waals surface area contributed by atoms with E-state index in [1.54, 1.807) is 12.1 Å². The number of nitrogens with one attached hydrogen (secondary N) is 3. The van der Waals surface area contributed by atoms with Crippen LogP contribution < -0.4 is 15.7 Å². The molecule has 0 bridgehead atoms. The molecule has 0 aliphatic heterocycles. The van der Waals surface area contributed by atoms with Gasteiger partial charge in [-0.15, -0.1) is 6.58 Å². The lowest BCUT2D eigenvalue weighted by atomic mass is 10.0. The molecule has 2 amide bonds. The molecule has 1 aromatic rings. The minimum Gasteiger partial charge on any atom is -0.460 e. The van der Waals surface area contributed by atoms with Crippen LogP contribution in [0.15, 0.2) is 55.6 Å². The topological polar surface area (TPSA) is 132 Å². The van der Waals surface area contributed by atoms with Crippen LogP contribution in [0.1, 0.15) is 25.8 Å². The van der Waals surface area contributed by atoms with Gasteiger partial charge in [0.1, 0.15) is 25.5 Å². The summed E-state index contributed by atoms with van der Waals surface area (Å²) < 4.78 is 28.5. The van der Waals surface area contributed by atoms with Gasteiger partial charge >= 0.3 is 12.1 Å². The molecule has 0 aromatic heterocycles. The number of hydrogen-bond donors (Lipinski definition) is 3. The van der Waals surface area contributed by atoms with E-state index in [4.69, 9.17) is 14.0 Å². The van der Waals surface area contributed by atoms with Crippen molar-refractivity contribution >= 4 is 25.5 Å². The average molecular weight is 496 g/mol. The molecule has 0 radical (unpaired) electrons. The number of amides is 2. The summed E-state index contributed by atoms with van der Waals surface area (Å²) in [6.07, 6.45) is 1.97. The van der Waals surface area contributed by atoms with Crippen molar-refractivity contribution in [2.75, 3.05) is 26.0 Å². The predicted molar refractivity (Wildman–Crippen MR) is 129 cm³/mol. The third-order valence-corrected chi connectivity index (χ3v) is 5.98. The minimum absolute atomic E-state index is 0.0260. The van der Waals surface area contributed by atoms with E-state index in [2.05, 4.69) is 28.9 Å². The Bertz CT molecular complexity index is 861. The number of benzene rings is 1. The first kappa shape index (κ1) is 29.1. The van der Waals surface area contributed by atoms with Gasteiger partial charge in [-0.1, -0.05) is 62.9 Å². The second-order valence-electron chi connectivity index (χ2n) is 7.66. The van der Waals surface area contributed by atoms with E-state index in [-0.39, 0.29) is 25.7 Å². The standard InChI is InChI=1S/C23H34N3O7P/c1-5-12-31-22(28)20(14-18(3)4)26-21(27)15-25-34(30,33-13-6-2)17-24-23(29)32-16-19-10-8-7-9-11-19/h5-11,18,20H,1-2,12-17H2,3-4H3,(H,24,29)(H,25,30)(H,26,27)/t20-,34?/m0/s1. The molecule has 0 aliphatic carbocycles. The summed E-state index contributed by atoms with van der Waals surface area (Å²) in [5, 5.41) is 7.48. The highest BCUT2D eigenvalue weighted by Gasteiger charge is 2.27. The molecule has 0 saturated heterocycles. The third-order valence-electron chi connectivity index (χ3n) is 4.20. The fraction of sp³-hybridized carbons (Fsp3) is 0.435. The molecule has 188 valence electrons. The van der Waals surface area contributed by atoms with Crippen LogP contribution in [0.2, 0.25) is 0 Å². The van der Waals surface area contributed by atoms with Gasteiger partial charge in [-0.05, 0) is 17.9 Å². The van der Waals surface area contributed by atoms with Crippen molar-refractivity contribution < 1.29 is 32.9 Å². The fourth-order valence-electron chi connectivity index (χ4n) is 2.63. The van der Waals surface area contributed by atoms with Crippen molar-refractivity contribution in [1.29, 1.82) is 0 Å². The number of ether oxygens (including phenoxy) is 2. The lowest BCUT2D eigenvalue weighted by Crippen LogP contribution is -2.46. The number of esters is 1. The summed E-state index contributed by atoms with van der Waals surface area (Å²) in [7, 11) is -3.67. The summed E-state index contributed by atoms with van der Waals surface area (Å²) in [5.41, 5.74) is 0.793. The van der Waals surface area contributed by atoms with Crippen molar-refractivity contribution in [3.8, 4) is 0 Å². The summed E-state index contributed by atoms with van der Waals surface area (Å²) in [6, 6.07) is 8.19. The van der Waals surface area contributed by atoms with Gasteiger partial charge < -0.3 is 24.6 Å². The van der Waals surface area contributed by atoms with E-state index in [1.807, 2.05) is 32.0 Å². The molecule has 1 unspecified atom stereocenters. The first-order valence-corrected chi connectivity index (χ1v) is 12.6. The molecule has 0 fully saturated rings. The number of alkyl carbamates (subject to hydrolysis) is 1. The largest absolute Gasteiger partial charge is 0.460 e. The SMILES string of the molecule is C=CCOC(=O)[C@H](CC(C)C)NC(=O)CNP(=O)(CNC(=O)OCc1ccccc1)OCC=C. The van der Waals surface area contributed by atoms with Gasteiger partial charge in [0.05, 0.1) is 13.2 Å². The zero-order valence-corrected chi connectivity index (χ0v) is 20.6. The van der Waals surface area contributed by atoms with E-state index >= 15 is 0 Å². The first-order chi connectivity index (χ1) is 16.2. The monoisotopic (exact) mass is 495 g/mol. The summed E-state index contributed by atoms with van der Waals surface area (Å²) in [5.74, 6) is -1.06. The number of hydrogen-bond acceptors (Lipinski definition) is 7. The highest BCUT2D eigenvalue weighted by Crippen LogP contribution is 2.40. The lowest BCUT2D eigenvalue weighted by molar-refractivity contribution is -0.147. The molecular formula is C23H34N3O7P. The third kappa shape index (κ3) is 12.3. The van der Waals surface area contributed by atoms with Gasteiger partial charge in [0.25, 0.3) is 7.52 Å². The highest BCUT2D eigenvalue weighted by molar-refractivity contribution is 7.56. The normalized spacial score (nSPS) is 13.3. The highest BCUT2D eigenvalue weighted by atomic mass is 31.2. The Morgan fingerprint density at radius 2 is 1.74 bits per heavy atom. The Morgan fingerprint density at radius 3 is 2.35 bits per heavy atom. The van der Waals surface area contributed by atoms with Crippen molar-refractivity contribution in [1.82, 2.24) is 15.7 Å². The van der Waals surface area contributed by atoms with Gasteiger partial charge in [0.15, 0.2) is 0 Å². The van der Waals surface area contributed by atoms with Crippen molar-refractivity contribution in [3.05, 3.63) is 61.2 Å². The Labute approximate surface area is 200 Å². The van der Waals surface area contributed by atoms with Crippen LogP contribution in [0, 0.1) is 5.92 Å². The van der Waals surface area contributed by atoms with Crippen LogP contribution in [0.4, 0.5) is 4.79 Å². The zero-order chi connectivity index (χ0) is 25.4. The van der Waals surface area contributed by atoms with Crippen LogP contribution in [-0.2, 0) is 34.8 Å². The quantitative estimate of drug-likeness (QED) is 0.181. The molecule has 11 heteroatoms. The molecule has 0 saturated carbocycles. The zero-order valence-electron chi connectivity index (χ0n) is 19.7. The fourth-order valence-corrected chi connectivity index (χ4v) is 3.99. The van der Waals surface area contributed by atoms with Gasteiger partial charge in [0, 0.05) is 0 Å². The Morgan fingerprint density at radius 1 is 1.06 bits per heavy atom. The molecule has 2 atom stereocenters. The van der Waals surface area contributed by atoms with Crippen molar-refractivity contribution in [2.45, 2.75) is 32.9 Å².